The molecule has 0 spiro atoms. The number of nitrogens with one attached hydrogen (secondary N) is 1. The van der Waals surface area contributed by atoms with Crippen molar-refractivity contribution in [2.45, 2.75) is 19.9 Å². The van der Waals surface area contributed by atoms with Crippen molar-refractivity contribution in [3.8, 4) is 11.5 Å². The summed E-state index contributed by atoms with van der Waals surface area (Å²) in [6, 6.07) is 3.58. The van der Waals surface area contributed by atoms with Crippen molar-refractivity contribution < 1.29 is 14.9 Å². The Balaban J connectivity index is 2.51. The summed E-state index contributed by atoms with van der Waals surface area (Å²) in [5, 5.41) is 23.8. The molecule has 0 saturated carbocycles. The summed E-state index contributed by atoms with van der Waals surface area (Å²) in [5.74, 6) is 0.592. The molecule has 0 radical (unpaired) electrons. The first-order valence-corrected chi connectivity index (χ1v) is 8.32. The fraction of sp³-hybridized carbons (Fsp3) is 0.625. The number of aliphatic hydroxyl groups is 1. The highest BCUT2D eigenvalue weighted by atomic mass is 79.9. The Morgan fingerprint density at radius 3 is 2.55 bits per heavy atom. The minimum atomic E-state index is -0.388. The molecule has 0 aliphatic carbocycles. The van der Waals surface area contributed by atoms with Crippen molar-refractivity contribution in [1.29, 1.82) is 0 Å². The maximum absolute atomic E-state index is 10.6. The number of rotatable bonds is 5. The van der Waals surface area contributed by atoms with Gasteiger partial charge in [0.15, 0.2) is 11.5 Å². The molecule has 1 aromatic rings. The second-order valence-electron chi connectivity index (χ2n) is 6.38. The van der Waals surface area contributed by atoms with E-state index in [2.05, 4.69) is 26.1 Å². The fourth-order valence-electron chi connectivity index (χ4n) is 3.10. The van der Waals surface area contributed by atoms with E-state index in [4.69, 9.17) is 4.74 Å². The molecule has 1 heterocycles. The Morgan fingerprint density at radius 1 is 1.36 bits per heavy atom. The quantitative estimate of drug-likeness (QED) is 0.738. The minimum Gasteiger partial charge on any atom is -0.504 e. The molecule has 1 fully saturated rings. The molecule has 0 bridgehead atoms. The molecule has 3 N–H and O–H groups in total. The molecule has 1 aliphatic heterocycles. The first-order chi connectivity index (χ1) is 10.4. The van der Waals surface area contributed by atoms with Gasteiger partial charge in [-0.1, -0.05) is 29.8 Å². The van der Waals surface area contributed by atoms with Crippen molar-refractivity contribution in [3.05, 3.63) is 22.2 Å². The maximum atomic E-state index is 10.6. The van der Waals surface area contributed by atoms with Crippen LogP contribution in [0.3, 0.4) is 0 Å². The van der Waals surface area contributed by atoms with Crippen LogP contribution in [0.5, 0.6) is 11.5 Å². The Bertz CT molecular complexity index is 516. The average Bonchev–Trinajstić information content (AvgIpc) is 2.51. The molecule has 1 aromatic carbocycles. The van der Waals surface area contributed by atoms with Crippen LogP contribution in [0, 0.1) is 5.41 Å². The fourth-order valence-corrected chi connectivity index (χ4v) is 3.55. The van der Waals surface area contributed by atoms with Crippen molar-refractivity contribution in [3.63, 3.8) is 0 Å². The number of hydrogen-bond donors (Lipinski definition) is 3. The molecule has 2 rings (SSSR count). The Hall–Kier alpha value is -0.820. The van der Waals surface area contributed by atoms with Crippen LogP contribution in [0.1, 0.15) is 25.5 Å². The van der Waals surface area contributed by atoms with Gasteiger partial charge in [0.05, 0.1) is 7.11 Å². The zero-order valence-corrected chi connectivity index (χ0v) is 15.0. The SMILES string of the molecule is COc1cc(Br)cc([C@@H](N2CCNCC2)C(C)(C)CO)c1O. The van der Waals surface area contributed by atoms with E-state index < -0.39 is 0 Å². The average molecular weight is 373 g/mol. The van der Waals surface area contributed by atoms with E-state index in [1.54, 1.807) is 13.2 Å². The summed E-state index contributed by atoms with van der Waals surface area (Å²) in [7, 11) is 1.54. The van der Waals surface area contributed by atoms with Gasteiger partial charge in [0, 0.05) is 54.3 Å². The Morgan fingerprint density at radius 2 is 2.00 bits per heavy atom. The summed E-state index contributed by atoms with van der Waals surface area (Å²) in [6.07, 6.45) is 0. The number of phenolic OH excluding ortho intramolecular Hbond substituents is 1. The molecule has 1 saturated heterocycles. The topological polar surface area (TPSA) is 65.0 Å². The predicted octanol–water partition coefficient (Wildman–Crippen LogP) is 2.13. The number of hydrogen-bond acceptors (Lipinski definition) is 5. The normalized spacial score (nSPS) is 18.2. The van der Waals surface area contributed by atoms with Crippen molar-refractivity contribution in [2.75, 3.05) is 39.9 Å². The van der Waals surface area contributed by atoms with Crippen molar-refractivity contribution >= 4 is 15.9 Å². The number of aliphatic hydroxyl groups excluding tert-OH is 1. The Labute approximate surface area is 140 Å². The van der Waals surface area contributed by atoms with Crippen LogP contribution in [-0.2, 0) is 0 Å². The van der Waals surface area contributed by atoms with E-state index in [0.717, 1.165) is 36.2 Å². The molecule has 124 valence electrons. The van der Waals surface area contributed by atoms with E-state index >= 15 is 0 Å². The van der Waals surface area contributed by atoms with E-state index in [9.17, 15) is 10.2 Å². The number of phenols is 1. The second kappa shape index (κ2) is 7.17. The summed E-state index contributed by atoms with van der Waals surface area (Å²) in [4.78, 5) is 2.31. The Kier molecular flexibility index (Phi) is 5.71. The van der Waals surface area contributed by atoms with Gasteiger partial charge in [0.25, 0.3) is 0 Å². The summed E-state index contributed by atoms with van der Waals surface area (Å²) < 4.78 is 6.13. The highest BCUT2D eigenvalue weighted by Gasteiger charge is 2.38. The predicted molar refractivity (Wildman–Crippen MR) is 90.4 cm³/mol. The van der Waals surface area contributed by atoms with Crippen LogP contribution in [-0.4, -0.2) is 55.0 Å². The number of halogens is 1. The van der Waals surface area contributed by atoms with E-state index in [1.165, 1.54) is 0 Å². The summed E-state index contributed by atoms with van der Waals surface area (Å²) in [6.45, 7) is 7.65. The number of aromatic hydroxyl groups is 1. The highest BCUT2D eigenvalue weighted by Crippen LogP contribution is 2.46. The molecule has 6 heteroatoms. The van der Waals surface area contributed by atoms with E-state index in [-0.39, 0.29) is 23.8 Å². The molecular weight excluding hydrogens is 348 g/mol. The first kappa shape index (κ1) is 17.5. The lowest BCUT2D eigenvalue weighted by Crippen LogP contribution is -2.49. The smallest absolute Gasteiger partial charge is 0.162 e. The molecule has 1 atom stereocenters. The standard InChI is InChI=1S/C16H25BrN2O3/c1-16(2,10-20)15(19-6-4-18-5-7-19)12-8-11(17)9-13(22-3)14(12)21/h8-9,15,18,20-21H,4-7,10H2,1-3H3/t15-/m1/s1. The van der Waals surface area contributed by atoms with Crippen LogP contribution in [0.4, 0.5) is 0 Å². The molecular formula is C16H25BrN2O3. The van der Waals surface area contributed by atoms with Crippen molar-refractivity contribution in [1.82, 2.24) is 10.2 Å². The number of methoxy groups -OCH3 is 1. The molecule has 1 aliphatic rings. The van der Waals surface area contributed by atoms with Crippen LogP contribution in [0.15, 0.2) is 16.6 Å². The summed E-state index contributed by atoms with van der Waals surface area (Å²) in [5.41, 5.74) is 0.396. The third kappa shape index (κ3) is 3.56. The van der Waals surface area contributed by atoms with Crippen LogP contribution in [0.2, 0.25) is 0 Å². The van der Waals surface area contributed by atoms with Gasteiger partial charge in [-0.05, 0) is 12.1 Å². The largest absolute Gasteiger partial charge is 0.504 e. The van der Waals surface area contributed by atoms with Gasteiger partial charge < -0.3 is 20.3 Å². The molecule has 0 unspecified atom stereocenters. The maximum Gasteiger partial charge on any atom is 0.162 e. The minimum absolute atomic E-state index is 0.0376. The number of nitrogens with zero attached hydrogens (tertiary/aromatic N) is 1. The first-order valence-electron chi connectivity index (χ1n) is 7.52. The molecule has 5 nitrogen and oxygen atoms in total. The monoisotopic (exact) mass is 372 g/mol. The molecule has 0 amide bonds. The highest BCUT2D eigenvalue weighted by molar-refractivity contribution is 9.10. The van der Waals surface area contributed by atoms with Gasteiger partial charge in [-0.15, -0.1) is 0 Å². The number of piperazine rings is 1. The number of ether oxygens (including phenoxy) is 1. The molecule has 0 aromatic heterocycles. The van der Waals surface area contributed by atoms with Crippen molar-refractivity contribution in [2.24, 2.45) is 5.41 Å². The number of benzene rings is 1. The van der Waals surface area contributed by atoms with Gasteiger partial charge in [0.2, 0.25) is 0 Å². The van der Waals surface area contributed by atoms with E-state index in [0.29, 0.717) is 5.75 Å². The second-order valence-corrected chi connectivity index (χ2v) is 7.30. The van der Waals surface area contributed by atoms with Gasteiger partial charge >= 0.3 is 0 Å². The lowest BCUT2D eigenvalue weighted by Gasteiger charge is -2.43. The lowest BCUT2D eigenvalue weighted by atomic mass is 9.79. The van der Waals surface area contributed by atoms with Gasteiger partial charge in [-0.2, -0.15) is 0 Å². The molecule has 22 heavy (non-hydrogen) atoms. The third-order valence-electron chi connectivity index (χ3n) is 4.25. The van der Waals surface area contributed by atoms with Gasteiger partial charge in [-0.25, -0.2) is 0 Å². The van der Waals surface area contributed by atoms with Gasteiger partial charge in [0.1, 0.15) is 0 Å². The van der Waals surface area contributed by atoms with Gasteiger partial charge in [-0.3, -0.25) is 4.90 Å². The zero-order chi connectivity index (χ0) is 16.3. The van der Waals surface area contributed by atoms with Crippen LogP contribution >= 0.6 is 15.9 Å². The van der Waals surface area contributed by atoms with Crippen LogP contribution < -0.4 is 10.1 Å². The summed E-state index contributed by atoms with van der Waals surface area (Å²) >= 11 is 3.48. The lowest BCUT2D eigenvalue weighted by molar-refractivity contribution is 0.0291. The van der Waals surface area contributed by atoms with Crippen LogP contribution in [0.25, 0.3) is 0 Å². The third-order valence-corrected chi connectivity index (χ3v) is 4.71. The van der Waals surface area contributed by atoms with E-state index in [1.807, 2.05) is 19.9 Å². The zero-order valence-electron chi connectivity index (χ0n) is 13.4.